The van der Waals surface area contributed by atoms with Crippen molar-refractivity contribution >= 4 is 37.6 Å². The van der Waals surface area contributed by atoms with E-state index in [-0.39, 0.29) is 4.90 Å². The summed E-state index contributed by atoms with van der Waals surface area (Å²) in [5.41, 5.74) is 7.83. The molecular weight excluding hydrogens is 379 g/mol. The molecule has 0 aliphatic carbocycles. The zero-order chi connectivity index (χ0) is 20.1. The summed E-state index contributed by atoms with van der Waals surface area (Å²) in [6.45, 7) is 0.295. The Morgan fingerprint density at radius 3 is 2.61 bits per heavy atom. The molecule has 141 valence electrons. The van der Waals surface area contributed by atoms with Crippen LogP contribution in [0.3, 0.4) is 0 Å². The van der Waals surface area contributed by atoms with E-state index >= 15 is 0 Å². The van der Waals surface area contributed by atoms with Gasteiger partial charge in [-0.1, -0.05) is 18.2 Å². The van der Waals surface area contributed by atoms with Gasteiger partial charge in [0.1, 0.15) is 5.82 Å². The highest BCUT2D eigenvalue weighted by Crippen LogP contribution is 2.32. The Bertz CT molecular complexity index is 1360. The first kappa shape index (κ1) is 18.2. The van der Waals surface area contributed by atoms with Gasteiger partial charge in [-0.05, 0) is 48.0 Å². The molecule has 1 radical (unpaired) electrons. The molecule has 0 fully saturated rings. The van der Waals surface area contributed by atoms with Gasteiger partial charge in [-0.15, -0.1) is 0 Å². The molecule has 0 spiro atoms. The first-order valence-electron chi connectivity index (χ1n) is 8.46. The number of sulfone groups is 1. The predicted octanol–water partition coefficient (Wildman–Crippen LogP) is 3.28. The molecule has 0 saturated heterocycles. The van der Waals surface area contributed by atoms with Crippen molar-refractivity contribution in [2.45, 2.75) is 11.4 Å². The van der Waals surface area contributed by atoms with Crippen LogP contribution in [0.1, 0.15) is 15.9 Å². The number of aromatic nitrogens is 1. The van der Waals surface area contributed by atoms with Gasteiger partial charge < -0.3 is 10.3 Å². The average Bonchev–Trinajstić information content (AvgIpc) is 2.94. The summed E-state index contributed by atoms with van der Waals surface area (Å²) < 4.78 is 39.5. The molecule has 5 nitrogen and oxygen atoms in total. The smallest absolute Gasteiger partial charge is 0.249 e. The molecule has 0 aliphatic rings. The largest absolute Gasteiger partial charge is 0.366 e. The molecule has 1 heterocycles. The molecule has 0 atom stereocenters. The van der Waals surface area contributed by atoms with E-state index in [4.69, 9.17) is 5.73 Å². The van der Waals surface area contributed by atoms with Crippen LogP contribution >= 0.6 is 0 Å². The van der Waals surface area contributed by atoms with Crippen molar-refractivity contribution in [1.82, 2.24) is 4.57 Å². The number of fused-ring (bicyclic) bond motifs is 3. The molecule has 7 heteroatoms. The fraction of sp³-hybridized carbons (Fsp3) is 0.0952. The van der Waals surface area contributed by atoms with Gasteiger partial charge in [0.05, 0.1) is 15.9 Å². The Hall–Kier alpha value is -3.19. The van der Waals surface area contributed by atoms with Gasteiger partial charge in [-0.3, -0.25) is 4.79 Å². The number of nitrogens with two attached hydrogens (primary N) is 1. The van der Waals surface area contributed by atoms with Gasteiger partial charge in [-0.2, -0.15) is 0 Å². The number of hydrogen-bond donors (Lipinski definition) is 1. The molecule has 28 heavy (non-hydrogen) atoms. The molecule has 4 aromatic rings. The molecule has 4 rings (SSSR count). The van der Waals surface area contributed by atoms with Crippen molar-refractivity contribution in [3.8, 4) is 0 Å². The van der Waals surface area contributed by atoms with Crippen LogP contribution in [0.25, 0.3) is 21.8 Å². The lowest BCUT2D eigenvalue weighted by molar-refractivity contribution is 0.100. The standard InChI is InChI=1S/C21H16FN2O3S/c1-28(26,27)15-5-2-4-13(10-15)12-24-18-7-3-6-17(21(23)25)20(18)16-9-8-14(22)11-19(16)24/h2-8,10-11H,12H2,1H3,(H2,23,25). The van der Waals surface area contributed by atoms with Crippen LogP contribution in [0.2, 0.25) is 0 Å². The SMILES string of the molecule is CS(=O)(=O)c1cccc(Cn2c3cc(F)c[c]c3c3c(C(N)=O)cccc32)c1. The van der Waals surface area contributed by atoms with E-state index in [1.165, 1.54) is 18.2 Å². The van der Waals surface area contributed by atoms with Crippen molar-refractivity contribution in [3.05, 3.63) is 77.6 Å². The number of rotatable bonds is 4. The topological polar surface area (TPSA) is 82.2 Å². The molecule has 1 amide bonds. The van der Waals surface area contributed by atoms with E-state index in [0.29, 0.717) is 33.9 Å². The summed E-state index contributed by atoms with van der Waals surface area (Å²) in [6, 6.07) is 17.2. The number of primary amides is 1. The van der Waals surface area contributed by atoms with Gasteiger partial charge in [0.25, 0.3) is 0 Å². The molecule has 0 aliphatic heterocycles. The molecule has 1 aromatic heterocycles. The van der Waals surface area contributed by atoms with Crippen LogP contribution in [0, 0.1) is 11.9 Å². The molecular formula is C21H16FN2O3S. The summed E-state index contributed by atoms with van der Waals surface area (Å²) in [5, 5.41) is 1.19. The third kappa shape index (κ3) is 3.03. The number of amides is 1. The van der Waals surface area contributed by atoms with Crippen LogP contribution in [0.4, 0.5) is 4.39 Å². The molecule has 0 bridgehead atoms. The number of carbonyl (C=O) groups is 1. The Morgan fingerprint density at radius 2 is 1.89 bits per heavy atom. The fourth-order valence-corrected chi connectivity index (χ4v) is 4.15. The van der Waals surface area contributed by atoms with E-state index < -0.39 is 21.6 Å². The first-order valence-corrected chi connectivity index (χ1v) is 10.4. The highest BCUT2D eigenvalue weighted by molar-refractivity contribution is 7.90. The van der Waals surface area contributed by atoms with Crippen molar-refractivity contribution < 1.29 is 17.6 Å². The van der Waals surface area contributed by atoms with E-state index in [9.17, 15) is 17.6 Å². The number of nitrogens with zero attached hydrogens (tertiary/aromatic N) is 1. The van der Waals surface area contributed by atoms with E-state index in [1.807, 2.05) is 10.6 Å². The highest BCUT2D eigenvalue weighted by Gasteiger charge is 2.17. The lowest BCUT2D eigenvalue weighted by atomic mass is 10.1. The van der Waals surface area contributed by atoms with Crippen molar-refractivity contribution in [3.63, 3.8) is 0 Å². The minimum absolute atomic E-state index is 0.210. The first-order chi connectivity index (χ1) is 13.3. The summed E-state index contributed by atoms with van der Waals surface area (Å²) in [4.78, 5) is 12.1. The summed E-state index contributed by atoms with van der Waals surface area (Å²) in [5.74, 6) is -1.04. The minimum atomic E-state index is -3.35. The van der Waals surface area contributed by atoms with Crippen LogP contribution < -0.4 is 5.73 Å². The third-order valence-corrected chi connectivity index (χ3v) is 5.80. The van der Waals surface area contributed by atoms with Gasteiger partial charge in [0.15, 0.2) is 9.84 Å². The molecule has 3 aromatic carbocycles. The molecule has 0 unspecified atom stereocenters. The summed E-state index contributed by atoms with van der Waals surface area (Å²) in [6.07, 6.45) is 1.15. The molecule has 2 N–H and O–H groups in total. The maximum Gasteiger partial charge on any atom is 0.249 e. The normalized spacial score (nSPS) is 11.9. The van der Waals surface area contributed by atoms with Crippen LogP contribution in [-0.4, -0.2) is 25.1 Å². The number of carbonyl (C=O) groups excluding carboxylic acids is 1. The van der Waals surface area contributed by atoms with Gasteiger partial charge in [-0.25, -0.2) is 12.8 Å². The third-order valence-electron chi connectivity index (χ3n) is 4.69. The van der Waals surface area contributed by atoms with Crippen LogP contribution in [0.5, 0.6) is 0 Å². The number of benzene rings is 3. The van der Waals surface area contributed by atoms with Gasteiger partial charge >= 0.3 is 0 Å². The Kier molecular flexibility index (Phi) is 4.19. The zero-order valence-corrected chi connectivity index (χ0v) is 15.8. The average molecular weight is 395 g/mol. The van der Waals surface area contributed by atoms with Gasteiger partial charge in [0.2, 0.25) is 5.91 Å². The second-order valence-electron chi connectivity index (χ2n) is 6.65. The van der Waals surface area contributed by atoms with E-state index in [2.05, 4.69) is 6.07 Å². The second-order valence-corrected chi connectivity index (χ2v) is 8.66. The monoisotopic (exact) mass is 395 g/mol. The highest BCUT2D eigenvalue weighted by atomic mass is 32.2. The van der Waals surface area contributed by atoms with E-state index in [0.717, 1.165) is 11.8 Å². The summed E-state index contributed by atoms with van der Waals surface area (Å²) >= 11 is 0. The predicted molar refractivity (Wildman–Crippen MR) is 105 cm³/mol. The summed E-state index contributed by atoms with van der Waals surface area (Å²) in [7, 11) is -3.35. The Labute approximate surface area is 161 Å². The Balaban J connectivity index is 2.00. The zero-order valence-electron chi connectivity index (χ0n) is 14.9. The number of halogens is 1. The van der Waals surface area contributed by atoms with Crippen molar-refractivity contribution in [1.29, 1.82) is 0 Å². The van der Waals surface area contributed by atoms with Gasteiger partial charge in [0, 0.05) is 29.1 Å². The fourth-order valence-electron chi connectivity index (χ4n) is 3.46. The second kappa shape index (κ2) is 6.45. The lowest BCUT2D eigenvalue weighted by Crippen LogP contribution is -2.11. The minimum Gasteiger partial charge on any atom is -0.366 e. The maximum atomic E-state index is 13.9. The maximum absolute atomic E-state index is 13.9. The molecule has 0 saturated carbocycles. The Morgan fingerprint density at radius 1 is 1.14 bits per heavy atom. The van der Waals surface area contributed by atoms with E-state index in [1.54, 1.807) is 30.3 Å². The lowest BCUT2D eigenvalue weighted by Gasteiger charge is -2.09. The van der Waals surface area contributed by atoms with Crippen LogP contribution in [-0.2, 0) is 16.4 Å². The van der Waals surface area contributed by atoms with Crippen molar-refractivity contribution in [2.24, 2.45) is 5.73 Å². The number of hydrogen-bond acceptors (Lipinski definition) is 3. The van der Waals surface area contributed by atoms with Crippen LogP contribution in [0.15, 0.2) is 59.5 Å². The quantitative estimate of drug-likeness (QED) is 0.576. The van der Waals surface area contributed by atoms with Crippen molar-refractivity contribution in [2.75, 3.05) is 6.26 Å².